The van der Waals surface area contributed by atoms with Crippen molar-refractivity contribution >= 4 is 39.8 Å². The van der Waals surface area contributed by atoms with Crippen molar-refractivity contribution in [1.82, 2.24) is 10.3 Å². The van der Waals surface area contributed by atoms with E-state index < -0.39 is 6.04 Å². The molecule has 0 radical (unpaired) electrons. The SMILES string of the molecule is O=C1NC(=NC(CO)c2ccccc2)SC1=Cc1ccc2ncccc2c1. The standard InChI is InChI=1S/C21H17N3O2S/c25-13-18(15-5-2-1-3-6-15)23-21-24-20(26)19(27-21)12-14-8-9-17-16(11-14)7-4-10-22-17/h1-12,18,25H,13H2,(H,23,24,26). The fraction of sp³-hybridized carbons (Fsp3) is 0.0952. The Morgan fingerprint density at radius 3 is 2.81 bits per heavy atom. The number of carbonyl (C=O) groups is 1. The molecule has 0 aliphatic carbocycles. The van der Waals surface area contributed by atoms with Gasteiger partial charge in [-0.2, -0.15) is 0 Å². The first kappa shape index (κ1) is 17.5. The summed E-state index contributed by atoms with van der Waals surface area (Å²) in [5, 5.41) is 14.0. The number of thioether (sulfide) groups is 1. The third-order valence-electron chi connectivity index (χ3n) is 4.21. The van der Waals surface area contributed by atoms with Crippen molar-refractivity contribution in [3.8, 4) is 0 Å². The zero-order valence-electron chi connectivity index (χ0n) is 14.4. The monoisotopic (exact) mass is 375 g/mol. The molecule has 134 valence electrons. The van der Waals surface area contributed by atoms with Gasteiger partial charge in [-0.25, -0.2) is 0 Å². The summed E-state index contributed by atoms with van der Waals surface area (Å²) >= 11 is 1.28. The van der Waals surface area contributed by atoms with Crippen LogP contribution in [-0.4, -0.2) is 27.8 Å². The molecule has 0 saturated carbocycles. The van der Waals surface area contributed by atoms with Crippen LogP contribution in [0, 0.1) is 0 Å². The van der Waals surface area contributed by atoms with Crippen LogP contribution >= 0.6 is 11.8 Å². The highest BCUT2D eigenvalue weighted by molar-refractivity contribution is 8.18. The lowest BCUT2D eigenvalue weighted by Crippen LogP contribution is -2.21. The van der Waals surface area contributed by atoms with Crippen LogP contribution in [-0.2, 0) is 4.79 Å². The Kier molecular flexibility index (Phi) is 5.00. The second-order valence-corrected chi connectivity index (χ2v) is 7.09. The Morgan fingerprint density at radius 1 is 1.15 bits per heavy atom. The van der Waals surface area contributed by atoms with Gasteiger partial charge in [-0.05, 0) is 47.2 Å². The van der Waals surface area contributed by atoms with Gasteiger partial charge in [-0.15, -0.1) is 0 Å². The molecule has 1 atom stereocenters. The number of aliphatic imine (C=N–C) groups is 1. The summed E-state index contributed by atoms with van der Waals surface area (Å²) in [6, 6.07) is 18.9. The summed E-state index contributed by atoms with van der Waals surface area (Å²) in [7, 11) is 0. The van der Waals surface area contributed by atoms with Gasteiger partial charge in [0.15, 0.2) is 5.17 Å². The maximum atomic E-state index is 12.3. The lowest BCUT2D eigenvalue weighted by atomic mass is 10.1. The average molecular weight is 375 g/mol. The van der Waals surface area contributed by atoms with E-state index in [1.165, 1.54) is 11.8 Å². The molecular weight excluding hydrogens is 358 g/mol. The molecule has 5 nitrogen and oxygen atoms in total. The minimum atomic E-state index is -0.403. The van der Waals surface area contributed by atoms with E-state index in [0.717, 1.165) is 22.0 Å². The van der Waals surface area contributed by atoms with Gasteiger partial charge in [0.05, 0.1) is 17.0 Å². The van der Waals surface area contributed by atoms with E-state index in [-0.39, 0.29) is 12.5 Å². The molecular formula is C21H17N3O2S. The van der Waals surface area contributed by atoms with Crippen molar-refractivity contribution in [3.05, 3.63) is 82.9 Å². The number of aliphatic hydroxyl groups excluding tert-OH is 1. The van der Waals surface area contributed by atoms with Crippen molar-refractivity contribution in [2.75, 3.05) is 6.61 Å². The van der Waals surface area contributed by atoms with E-state index >= 15 is 0 Å². The number of nitrogens with zero attached hydrogens (tertiary/aromatic N) is 2. The molecule has 1 aliphatic rings. The zero-order chi connectivity index (χ0) is 18.6. The summed E-state index contributed by atoms with van der Waals surface area (Å²) in [4.78, 5) is 21.7. The Balaban J connectivity index is 1.58. The average Bonchev–Trinajstić information content (AvgIpc) is 3.05. The van der Waals surface area contributed by atoms with Crippen LogP contribution in [0.1, 0.15) is 17.2 Å². The number of pyridine rings is 1. The number of aliphatic hydroxyl groups is 1. The number of rotatable bonds is 4. The van der Waals surface area contributed by atoms with Crippen molar-refractivity contribution in [1.29, 1.82) is 0 Å². The maximum absolute atomic E-state index is 12.3. The Morgan fingerprint density at radius 2 is 2.00 bits per heavy atom. The van der Waals surface area contributed by atoms with Crippen molar-refractivity contribution in [3.63, 3.8) is 0 Å². The lowest BCUT2D eigenvalue weighted by molar-refractivity contribution is -0.115. The van der Waals surface area contributed by atoms with Crippen LogP contribution in [0.25, 0.3) is 17.0 Å². The molecule has 1 amide bonds. The second-order valence-electron chi connectivity index (χ2n) is 6.06. The van der Waals surface area contributed by atoms with Crippen LogP contribution in [0.3, 0.4) is 0 Å². The van der Waals surface area contributed by atoms with Gasteiger partial charge in [0.2, 0.25) is 0 Å². The van der Waals surface area contributed by atoms with E-state index in [0.29, 0.717) is 10.1 Å². The summed E-state index contributed by atoms with van der Waals surface area (Å²) in [6.07, 6.45) is 3.60. The Hall–Kier alpha value is -2.96. The van der Waals surface area contributed by atoms with E-state index in [1.807, 2.05) is 66.7 Å². The summed E-state index contributed by atoms with van der Waals surface area (Å²) in [5.74, 6) is -0.185. The molecule has 27 heavy (non-hydrogen) atoms. The molecule has 1 aromatic heterocycles. The molecule has 1 unspecified atom stereocenters. The molecule has 1 aliphatic heterocycles. The van der Waals surface area contributed by atoms with Crippen LogP contribution in [0.15, 0.2) is 76.8 Å². The van der Waals surface area contributed by atoms with Gasteiger partial charge in [-0.1, -0.05) is 42.5 Å². The predicted molar refractivity (Wildman–Crippen MR) is 109 cm³/mol. The molecule has 2 heterocycles. The van der Waals surface area contributed by atoms with E-state index in [4.69, 9.17) is 0 Å². The highest BCUT2D eigenvalue weighted by atomic mass is 32.2. The lowest BCUT2D eigenvalue weighted by Gasteiger charge is -2.10. The third-order valence-corrected chi connectivity index (χ3v) is 5.13. The number of benzene rings is 2. The van der Waals surface area contributed by atoms with Crippen molar-refractivity contribution in [2.45, 2.75) is 6.04 Å². The number of amides is 1. The molecule has 4 rings (SSSR count). The highest BCUT2D eigenvalue weighted by Crippen LogP contribution is 2.29. The van der Waals surface area contributed by atoms with E-state index in [1.54, 1.807) is 6.20 Å². The predicted octanol–water partition coefficient (Wildman–Crippen LogP) is 3.53. The number of nitrogens with one attached hydrogen (secondary N) is 1. The van der Waals surface area contributed by atoms with Crippen LogP contribution < -0.4 is 5.32 Å². The topological polar surface area (TPSA) is 74.6 Å². The van der Waals surface area contributed by atoms with Crippen molar-refractivity contribution in [2.24, 2.45) is 4.99 Å². The summed E-state index contributed by atoms with van der Waals surface area (Å²) < 4.78 is 0. The molecule has 0 bridgehead atoms. The molecule has 6 heteroatoms. The first-order valence-corrected chi connectivity index (χ1v) is 9.34. The fourth-order valence-electron chi connectivity index (χ4n) is 2.86. The molecule has 3 aromatic rings. The number of hydrogen-bond acceptors (Lipinski definition) is 5. The van der Waals surface area contributed by atoms with Gasteiger partial charge in [0, 0.05) is 11.6 Å². The Bertz CT molecular complexity index is 1050. The normalized spacial score (nSPS) is 18.2. The summed E-state index contributed by atoms with van der Waals surface area (Å²) in [6.45, 7) is -0.124. The minimum Gasteiger partial charge on any atom is -0.394 e. The Labute approximate surface area is 160 Å². The number of fused-ring (bicyclic) bond motifs is 1. The van der Waals surface area contributed by atoms with E-state index in [9.17, 15) is 9.90 Å². The van der Waals surface area contributed by atoms with Gasteiger partial charge in [0.25, 0.3) is 5.91 Å². The first-order chi connectivity index (χ1) is 13.2. The quantitative estimate of drug-likeness (QED) is 0.684. The third kappa shape index (κ3) is 3.92. The zero-order valence-corrected chi connectivity index (χ0v) is 15.2. The molecule has 2 aromatic carbocycles. The van der Waals surface area contributed by atoms with Gasteiger partial charge < -0.3 is 10.4 Å². The number of carbonyl (C=O) groups excluding carboxylic acids is 1. The van der Waals surface area contributed by atoms with Crippen molar-refractivity contribution < 1.29 is 9.90 Å². The second kappa shape index (κ2) is 7.73. The molecule has 1 saturated heterocycles. The molecule has 1 fully saturated rings. The summed E-state index contributed by atoms with van der Waals surface area (Å²) in [5.41, 5.74) is 2.75. The van der Waals surface area contributed by atoms with Crippen LogP contribution in [0.5, 0.6) is 0 Å². The molecule has 2 N–H and O–H groups in total. The molecule has 0 spiro atoms. The smallest absolute Gasteiger partial charge is 0.264 e. The van der Waals surface area contributed by atoms with Crippen LogP contribution in [0.4, 0.5) is 0 Å². The minimum absolute atomic E-state index is 0.124. The van der Waals surface area contributed by atoms with E-state index in [2.05, 4.69) is 15.3 Å². The van der Waals surface area contributed by atoms with Crippen LogP contribution in [0.2, 0.25) is 0 Å². The van der Waals surface area contributed by atoms with Gasteiger partial charge in [0.1, 0.15) is 6.04 Å². The fourth-order valence-corrected chi connectivity index (χ4v) is 3.73. The van der Waals surface area contributed by atoms with Gasteiger partial charge >= 0.3 is 0 Å². The number of hydrogen-bond donors (Lipinski definition) is 2. The van der Waals surface area contributed by atoms with Gasteiger partial charge in [-0.3, -0.25) is 14.8 Å². The number of aromatic nitrogens is 1. The first-order valence-electron chi connectivity index (χ1n) is 8.52. The highest BCUT2D eigenvalue weighted by Gasteiger charge is 2.25. The number of amidine groups is 1. The maximum Gasteiger partial charge on any atom is 0.264 e. The largest absolute Gasteiger partial charge is 0.394 e.